The molecule has 0 fully saturated rings. The van der Waals surface area contributed by atoms with Crippen molar-refractivity contribution in [1.29, 1.82) is 0 Å². The number of rotatable bonds is 7. The zero-order chi connectivity index (χ0) is 14.4. The van der Waals surface area contributed by atoms with Gasteiger partial charge < -0.3 is 5.11 Å². The Bertz CT molecular complexity index is 479. The molecule has 1 rings (SSSR count). The summed E-state index contributed by atoms with van der Waals surface area (Å²) in [7, 11) is 0. The Kier molecular flexibility index (Phi) is 5.37. The molecule has 0 spiro atoms. The lowest BCUT2D eigenvalue weighted by Crippen LogP contribution is -2.36. The molecule has 1 atom stereocenters. The standard InChI is InChI=1S/C12H15FN2O4/c1-2-4-10(12(16)17)14-7-8-9(13)5-3-6-11(8)15(18)19/h3,5-6,10,14H,2,4,7H2,1H3,(H,16,17). The molecule has 0 saturated heterocycles. The monoisotopic (exact) mass is 270 g/mol. The summed E-state index contributed by atoms with van der Waals surface area (Å²) in [5.74, 6) is -1.77. The molecule has 19 heavy (non-hydrogen) atoms. The lowest BCUT2D eigenvalue weighted by molar-refractivity contribution is -0.385. The first-order valence-corrected chi connectivity index (χ1v) is 5.85. The first kappa shape index (κ1) is 15.0. The van der Waals surface area contributed by atoms with Crippen LogP contribution in [0.15, 0.2) is 18.2 Å². The summed E-state index contributed by atoms with van der Waals surface area (Å²) in [5, 5.41) is 22.3. The lowest BCUT2D eigenvalue weighted by Gasteiger charge is -2.13. The van der Waals surface area contributed by atoms with Crippen LogP contribution in [0.1, 0.15) is 25.3 Å². The van der Waals surface area contributed by atoms with E-state index < -0.39 is 22.8 Å². The lowest BCUT2D eigenvalue weighted by atomic mass is 10.1. The Morgan fingerprint density at radius 1 is 1.58 bits per heavy atom. The maximum absolute atomic E-state index is 13.6. The molecule has 6 nitrogen and oxygen atoms in total. The Balaban J connectivity index is 2.87. The van der Waals surface area contributed by atoms with Gasteiger partial charge in [-0.15, -0.1) is 0 Å². The zero-order valence-electron chi connectivity index (χ0n) is 10.4. The molecule has 0 aromatic heterocycles. The van der Waals surface area contributed by atoms with Crippen molar-refractivity contribution in [2.75, 3.05) is 0 Å². The second-order valence-corrected chi connectivity index (χ2v) is 4.06. The molecule has 0 bridgehead atoms. The van der Waals surface area contributed by atoms with Gasteiger partial charge in [-0.25, -0.2) is 4.39 Å². The van der Waals surface area contributed by atoms with Crippen molar-refractivity contribution in [3.8, 4) is 0 Å². The molecule has 104 valence electrons. The van der Waals surface area contributed by atoms with Crippen molar-refractivity contribution in [1.82, 2.24) is 5.32 Å². The SMILES string of the molecule is CCCC(NCc1c(F)cccc1[N+](=O)[O-])C(=O)O. The average Bonchev–Trinajstić information content (AvgIpc) is 2.34. The number of carboxylic acids is 1. The fourth-order valence-corrected chi connectivity index (χ4v) is 1.72. The normalized spacial score (nSPS) is 12.1. The van der Waals surface area contributed by atoms with E-state index >= 15 is 0 Å². The summed E-state index contributed by atoms with van der Waals surface area (Å²) in [6.07, 6.45) is 1.01. The van der Waals surface area contributed by atoms with Gasteiger partial charge in [-0.1, -0.05) is 19.4 Å². The number of nitrogens with one attached hydrogen (secondary N) is 1. The molecule has 0 aliphatic heterocycles. The number of halogens is 1. The van der Waals surface area contributed by atoms with Gasteiger partial charge in [0.1, 0.15) is 11.9 Å². The van der Waals surface area contributed by atoms with Crippen molar-refractivity contribution >= 4 is 11.7 Å². The van der Waals surface area contributed by atoms with Crippen LogP contribution in [0.25, 0.3) is 0 Å². The van der Waals surface area contributed by atoms with Gasteiger partial charge in [0.25, 0.3) is 5.69 Å². The Labute approximate surface area is 109 Å². The zero-order valence-corrected chi connectivity index (χ0v) is 10.4. The maximum atomic E-state index is 13.6. The minimum atomic E-state index is -1.05. The molecule has 1 aromatic carbocycles. The van der Waals surface area contributed by atoms with E-state index in [1.807, 2.05) is 6.92 Å². The molecule has 2 N–H and O–H groups in total. The van der Waals surface area contributed by atoms with E-state index in [0.717, 1.165) is 6.07 Å². The van der Waals surface area contributed by atoms with Gasteiger partial charge in [0.2, 0.25) is 0 Å². The van der Waals surface area contributed by atoms with E-state index in [4.69, 9.17) is 5.11 Å². The minimum Gasteiger partial charge on any atom is -0.480 e. The molecule has 0 aliphatic carbocycles. The highest BCUT2D eigenvalue weighted by Crippen LogP contribution is 2.21. The van der Waals surface area contributed by atoms with Crippen molar-refractivity contribution in [2.45, 2.75) is 32.4 Å². The topological polar surface area (TPSA) is 92.5 Å². The smallest absolute Gasteiger partial charge is 0.320 e. The first-order valence-electron chi connectivity index (χ1n) is 5.85. The summed E-state index contributed by atoms with van der Waals surface area (Å²) in [6, 6.07) is 2.71. The fourth-order valence-electron chi connectivity index (χ4n) is 1.72. The Morgan fingerprint density at radius 2 is 2.26 bits per heavy atom. The van der Waals surface area contributed by atoms with E-state index in [1.54, 1.807) is 0 Å². The molecule has 0 radical (unpaired) electrons. The largest absolute Gasteiger partial charge is 0.480 e. The highest BCUT2D eigenvalue weighted by Gasteiger charge is 2.21. The molecule has 0 amide bonds. The van der Waals surface area contributed by atoms with Crippen molar-refractivity contribution < 1.29 is 19.2 Å². The Morgan fingerprint density at radius 3 is 2.79 bits per heavy atom. The third kappa shape index (κ3) is 3.99. The molecule has 7 heteroatoms. The van der Waals surface area contributed by atoms with Crippen molar-refractivity contribution in [3.05, 3.63) is 39.7 Å². The Hall–Kier alpha value is -2.02. The first-order chi connectivity index (χ1) is 8.97. The van der Waals surface area contributed by atoms with Crippen molar-refractivity contribution in [3.63, 3.8) is 0 Å². The summed E-state index contributed by atoms with van der Waals surface area (Å²) < 4.78 is 13.6. The summed E-state index contributed by atoms with van der Waals surface area (Å²) in [4.78, 5) is 21.0. The number of aliphatic carboxylic acids is 1. The predicted molar refractivity (Wildman–Crippen MR) is 66.2 cm³/mol. The van der Waals surface area contributed by atoms with Gasteiger partial charge >= 0.3 is 5.97 Å². The van der Waals surface area contributed by atoms with E-state index in [1.165, 1.54) is 12.1 Å². The number of carboxylic acid groups (broad SMARTS) is 1. The number of benzene rings is 1. The highest BCUT2D eigenvalue weighted by atomic mass is 19.1. The van der Waals surface area contributed by atoms with Crippen LogP contribution < -0.4 is 5.32 Å². The number of hydrogen-bond donors (Lipinski definition) is 2. The molecular formula is C12H15FN2O4. The predicted octanol–water partition coefficient (Wildman–Crippen LogP) is 2.08. The number of carbonyl (C=O) groups is 1. The quantitative estimate of drug-likeness (QED) is 0.584. The van der Waals surface area contributed by atoms with E-state index in [-0.39, 0.29) is 17.8 Å². The van der Waals surface area contributed by atoms with E-state index in [9.17, 15) is 19.3 Å². The van der Waals surface area contributed by atoms with Crippen LogP contribution in [0, 0.1) is 15.9 Å². The van der Waals surface area contributed by atoms with Gasteiger partial charge in [-0.05, 0) is 12.5 Å². The molecule has 0 aliphatic rings. The second-order valence-electron chi connectivity index (χ2n) is 4.06. The van der Waals surface area contributed by atoms with Gasteiger partial charge in [-0.2, -0.15) is 0 Å². The molecule has 1 aromatic rings. The third-order valence-electron chi connectivity index (χ3n) is 2.69. The molecular weight excluding hydrogens is 255 g/mol. The number of hydrogen-bond acceptors (Lipinski definition) is 4. The van der Waals surface area contributed by atoms with Gasteiger partial charge in [-0.3, -0.25) is 20.2 Å². The molecule has 0 heterocycles. The highest BCUT2D eigenvalue weighted by molar-refractivity contribution is 5.73. The number of nitro groups is 1. The number of nitro benzene ring substituents is 1. The van der Waals surface area contributed by atoms with Crippen LogP contribution in [0.4, 0.5) is 10.1 Å². The molecule has 0 saturated carbocycles. The van der Waals surface area contributed by atoms with Crippen LogP contribution in [0.3, 0.4) is 0 Å². The molecule has 1 unspecified atom stereocenters. The van der Waals surface area contributed by atoms with Crippen molar-refractivity contribution in [2.24, 2.45) is 0 Å². The summed E-state index contributed by atoms with van der Waals surface area (Å²) in [5.41, 5.74) is -0.483. The van der Waals surface area contributed by atoms with E-state index in [2.05, 4.69) is 5.32 Å². The van der Waals surface area contributed by atoms with Crippen LogP contribution >= 0.6 is 0 Å². The van der Waals surface area contributed by atoms with Crippen LogP contribution in [-0.4, -0.2) is 22.0 Å². The minimum absolute atomic E-state index is 0.130. The average molecular weight is 270 g/mol. The van der Waals surface area contributed by atoms with E-state index in [0.29, 0.717) is 12.8 Å². The van der Waals surface area contributed by atoms with Crippen LogP contribution in [0.2, 0.25) is 0 Å². The summed E-state index contributed by atoms with van der Waals surface area (Å²) in [6.45, 7) is 1.63. The summed E-state index contributed by atoms with van der Waals surface area (Å²) >= 11 is 0. The number of nitrogens with zero attached hydrogens (tertiary/aromatic N) is 1. The third-order valence-corrected chi connectivity index (χ3v) is 2.69. The van der Waals surface area contributed by atoms with Gasteiger partial charge in [0.05, 0.1) is 10.5 Å². The maximum Gasteiger partial charge on any atom is 0.320 e. The van der Waals surface area contributed by atoms with Crippen LogP contribution in [-0.2, 0) is 11.3 Å². The fraction of sp³-hybridized carbons (Fsp3) is 0.417. The second kappa shape index (κ2) is 6.79. The van der Waals surface area contributed by atoms with Gasteiger partial charge in [0, 0.05) is 12.6 Å². The van der Waals surface area contributed by atoms with Crippen LogP contribution in [0.5, 0.6) is 0 Å². The van der Waals surface area contributed by atoms with Gasteiger partial charge in [0.15, 0.2) is 0 Å².